The molecule has 23 heavy (non-hydrogen) atoms. The average molecular weight is 322 g/mol. The second kappa shape index (κ2) is 9.58. The number of aliphatic carboxylic acids is 1. The molecule has 0 saturated carbocycles. The molecular formula is C16H22N2O5. The van der Waals surface area contributed by atoms with E-state index >= 15 is 0 Å². The highest BCUT2D eigenvalue weighted by Crippen LogP contribution is 2.17. The predicted molar refractivity (Wildman–Crippen MR) is 83.7 cm³/mol. The summed E-state index contributed by atoms with van der Waals surface area (Å²) in [7, 11) is 1.48. The van der Waals surface area contributed by atoms with Crippen molar-refractivity contribution in [3.05, 3.63) is 35.9 Å². The van der Waals surface area contributed by atoms with Gasteiger partial charge < -0.3 is 20.1 Å². The Morgan fingerprint density at radius 3 is 2.43 bits per heavy atom. The Morgan fingerprint density at radius 2 is 1.91 bits per heavy atom. The van der Waals surface area contributed by atoms with Crippen molar-refractivity contribution < 1.29 is 24.2 Å². The quantitative estimate of drug-likeness (QED) is 0.701. The predicted octanol–water partition coefficient (Wildman–Crippen LogP) is 0.813. The second-order valence-corrected chi connectivity index (χ2v) is 5.07. The van der Waals surface area contributed by atoms with E-state index in [0.29, 0.717) is 0 Å². The van der Waals surface area contributed by atoms with E-state index in [9.17, 15) is 14.4 Å². The minimum absolute atomic E-state index is 0.0133. The molecule has 0 bridgehead atoms. The van der Waals surface area contributed by atoms with Crippen LogP contribution in [0.25, 0.3) is 0 Å². The van der Waals surface area contributed by atoms with Crippen molar-refractivity contribution in [3.8, 4) is 0 Å². The molecule has 1 atom stereocenters. The molecule has 0 fully saturated rings. The first-order valence-electron chi connectivity index (χ1n) is 7.24. The number of rotatable bonds is 9. The molecule has 1 unspecified atom stereocenters. The molecule has 1 rings (SSSR count). The number of ether oxygens (including phenoxy) is 1. The van der Waals surface area contributed by atoms with Crippen LogP contribution in [0.15, 0.2) is 30.3 Å². The fraction of sp³-hybridized carbons (Fsp3) is 0.438. The van der Waals surface area contributed by atoms with E-state index in [-0.39, 0.29) is 31.4 Å². The summed E-state index contributed by atoms with van der Waals surface area (Å²) < 4.78 is 4.90. The zero-order valence-corrected chi connectivity index (χ0v) is 13.3. The number of carboxylic acid groups (broad SMARTS) is 1. The molecule has 0 heterocycles. The maximum absolute atomic E-state index is 12.4. The lowest BCUT2D eigenvalue weighted by molar-refractivity contribution is -0.145. The Hall–Kier alpha value is -2.41. The molecule has 0 aliphatic carbocycles. The molecule has 0 aliphatic rings. The van der Waals surface area contributed by atoms with Crippen molar-refractivity contribution in [1.82, 2.24) is 10.2 Å². The van der Waals surface area contributed by atoms with Gasteiger partial charge in [-0.25, -0.2) is 0 Å². The minimum atomic E-state index is -1.09. The molecule has 7 nitrogen and oxygen atoms in total. The van der Waals surface area contributed by atoms with E-state index in [1.165, 1.54) is 18.9 Å². The van der Waals surface area contributed by atoms with Crippen LogP contribution in [0.1, 0.15) is 24.9 Å². The van der Waals surface area contributed by atoms with Crippen LogP contribution in [0.3, 0.4) is 0 Å². The Kier molecular flexibility index (Phi) is 7.76. The van der Waals surface area contributed by atoms with Gasteiger partial charge in [-0.05, 0) is 5.56 Å². The van der Waals surface area contributed by atoms with Crippen LogP contribution >= 0.6 is 0 Å². The molecule has 0 spiro atoms. The van der Waals surface area contributed by atoms with Gasteiger partial charge in [0.2, 0.25) is 11.8 Å². The van der Waals surface area contributed by atoms with Gasteiger partial charge in [0.05, 0.1) is 19.1 Å². The monoisotopic (exact) mass is 322 g/mol. The van der Waals surface area contributed by atoms with Crippen molar-refractivity contribution in [2.45, 2.75) is 19.4 Å². The van der Waals surface area contributed by atoms with E-state index in [4.69, 9.17) is 9.84 Å². The summed E-state index contributed by atoms with van der Waals surface area (Å²) in [5.74, 6) is -1.70. The molecule has 0 aromatic heterocycles. The van der Waals surface area contributed by atoms with Gasteiger partial charge in [0, 0.05) is 20.6 Å². The van der Waals surface area contributed by atoms with Crippen LogP contribution < -0.4 is 5.32 Å². The van der Waals surface area contributed by atoms with Crippen molar-refractivity contribution in [2.24, 2.45) is 0 Å². The maximum Gasteiger partial charge on any atom is 0.323 e. The number of nitrogens with one attached hydrogen (secondary N) is 1. The normalized spacial score (nSPS) is 11.6. The highest BCUT2D eigenvalue weighted by Gasteiger charge is 2.22. The number of amides is 2. The number of carbonyl (C=O) groups is 3. The summed E-state index contributed by atoms with van der Waals surface area (Å²) in [6.45, 7) is 1.41. The van der Waals surface area contributed by atoms with Gasteiger partial charge in [-0.15, -0.1) is 0 Å². The third-order valence-electron chi connectivity index (χ3n) is 3.20. The third-order valence-corrected chi connectivity index (χ3v) is 3.20. The topological polar surface area (TPSA) is 95.9 Å². The number of carbonyl (C=O) groups excluding carboxylic acids is 2. The largest absolute Gasteiger partial charge is 0.480 e. The second-order valence-electron chi connectivity index (χ2n) is 5.07. The number of benzene rings is 1. The summed E-state index contributed by atoms with van der Waals surface area (Å²) in [4.78, 5) is 35.9. The third kappa shape index (κ3) is 6.92. The fourth-order valence-electron chi connectivity index (χ4n) is 2.14. The number of methoxy groups -OCH3 is 1. The Bertz CT molecular complexity index is 533. The summed E-state index contributed by atoms with van der Waals surface area (Å²) in [6, 6.07) is 8.59. The molecule has 0 radical (unpaired) electrons. The molecule has 0 saturated heterocycles. The Morgan fingerprint density at radius 1 is 1.26 bits per heavy atom. The number of hydrogen-bond donors (Lipinski definition) is 2. The van der Waals surface area contributed by atoms with Crippen LogP contribution in [0, 0.1) is 0 Å². The van der Waals surface area contributed by atoms with E-state index in [1.54, 1.807) is 0 Å². The van der Waals surface area contributed by atoms with Crippen LogP contribution in [0.2, 0.25) is 0 Å². The van der Waals surface area contributed by atoms with Gasteiger partial charge in [-0.1, -0.05) is 30.3 Å². The number of hydrogen-bond acceptors (Lipinski definition) is 4. The Labute approximate surface area is 135 Å². The lowest BCUT2D eigenvalue weighted by atomic mass is 10.0. The van der Waals surface area contributed by atoms with Crippen LogP contribution in [-0.4, -0.2) is 54.6 Å². The highest BCUT2D eigenvalue weighted by molar-refractivity contribution is 5.82. The molecule has 2 N–H and O–H groups in total. The first-order valence-corrected chi connectivity index (χ1v) is 7.24. The molecule has 2 amide bonds. The molecule has 126 valence electrons. The van der Waals surface area contributed by atoms with Gasteiger partial charge in [0.25, 0.3) is 0 Å². The number of carboxylic acids is 1. The smallest absolute Gasteiger partial charge is 0.323 e. The first-order chi connectivity index (χ1) is 10.9. The van der Waals surface area contributed by atoms with Crippen molar-refractivity contribution in [1.29, 1.82) is 0 Å². The van der Waals surface area contributed by atoms with Gasteiger partial charge >= 0.3 is 5.97 Å². The lowest BCUT2D eigenvalue weighted by Crippen LogP contribution is -2.40. The summed E-state index contributed by atoms with van der Waals surface area (Å²) in [6.07, 6.45) is -0.0133. The van der Waals surface area contributed by atoms with E-state index in [0.717, 1.165) is 5.56 Å². The highest BCUT2D eigenvalue weighted by atomic mass is 16.5. The van der Waals surface area contributed by atoms with Gasteiger partial charge in [0.15, 0.2) is 0 Å². The van der Waals surface area contributed by atoms with E-state index in [2.05, 4.69) is 5.32 Å². The SMILES string of the molecule is COCCN(CC(=O)O)C(=O)CC(NC(C)=O)c1ccccc1. The lowest BCUT2D eigenvalue weighted by Gasteiger charge is -2.24. The van der Waals surface area contributed by atoms with Crippen molar-refractivity contribution in [3.63, 3.8) is 0 Å². The van der Waals surface area contributed by atoms with Crippen LogP contribution in [0.4, 0.5) is 0 Å². The summed E-state index contributed by atoms with van der Waals surface area (Å²) in [5.41, 5.74) is 0.790. The van der Waals surface area contributed by atoms with Crippen LogP contribution in [-0.2, 0) is 19.1 Å². The maximum atomic E-state index is 12.4. The minimum Gasteiger partial charge on any atom is -0.480 e. The van der Waals surface area contributed by atoms with E-state index < -0.39 is 18.6 Å². The Balaban J connectivity index is 2.84. The zero-order valence-electron chi connectivity index (χ0n) is 13.3. The van der Waals surface area contributed by atoms with Gasteiger partial charge in [-0.3, -0.25) is 14.4 Å². The molecular weight excluding hydrogens is 300 g/mol. The first kappa shape index (κ1) is 18.6. The fourth-order valence-corrected chi connectivity index (χ4v) is 2.14. The van der Waals surface area contributed by atoms with E-state index in [1.807, 2.05) is 30.3 Å². The summed E-state index contributed by atoms with van der Waals surface area (Å²) in [5, 5.41) is 11.7. The van der Waals surface area contributed by atoms with Crippen LogP contribution in [0.5, 0.6) is 0 Å². The molecule has 0 aliphatic heterocycles. The zero-order chi connectivity index (χ0) is 17.2. The van der Waals surface area contributed by atoms with Gasteiger partial charge in [0.1, 0.15) is 6.54 Å². The van der Waals surface area contributed by atoms with Crippen molar-refractivity contribution in [2.75, 3.05) is 26.8 Å². The summed E-state index contributed by atoms with van der Waals surface area (Å²) >= 11 is 0. The number of nitrogens with zero attached hydrogens (tertiary/aromatic N) is 1. The average Bonchev–Trinajstić information content (AvgIpc) is 2.50. The molecule has 1 aromatic rings. The standard InChI is InChI=1S/C16H22N2O5/c1-12(19)17-14(13-6-4-3-5-7-13)10-15(20)18(8-9-23-2)11-16(21)22/h3-7,14H,8-11H2,1-2H3,(H,17,19)(H,21,22). The van der Waals surface area contributed by atoms with Crippen molar-refractivity contribution >= 4 is 17.8 Å². The molecule has 7 heteroatoms. The van der Waals surface area contributed by atoms with Gasteiger partial charge in [-0.2, -0.15) is 0 Å². The molecule has 1 aromatic carbocycles.